The Balaban J connectivity index is 1.42. The Morgan fingerprint density at radius 1 is 1.17 bits per heavy atom. The van der Waals surface area contributed by atoms with Gasteiger partial charge in [0.2, 0.25) is 17.5 Å². The Morgan fingerprint density at radius 2 is 1.96 bits per heavy atom. The fourth-order valence-corrected chi connectivity index (χ4v) is 2.34. The number of nitrogens with zero attached hydrogens (tertiary/aromatic N) is 6. The van der Waals surface area contributed by atoms with E-state index in [1.54, 1.807) is 36.4 Å². The molecule has 3 aromatic heterocycles. The lowest BCUT2D eigenvalue weighted by Gasteiger charge is -2.36. The van der Waals surface area contributed by atoms with E-state index in [1.165, 1.54) is 0 Å². The number of hydrogen-bond acceptors (Lipinski definition) is 8. The van der Waals surface area contributed by atoms with Gasteiger partial charge in [-0.1, -0.05) is 10.3 Å². The quantitative estimate of drug-likeness (QED) is 0.706. The SMILES string of the molecule is Cc1cc(C(=O)N2CC(c3nc(-c4ncccn4)no3)C2)no1. The van der Waals surface area contributed by atoms with Gasteiger partial charge in [0, 0.05) is 31.5 Å². The summed E-state index contributed by atoms with van der Waals surface area (Å²) in [5.41, 5.74) is 0.310. The second-order valence-corrected chi connectivity index (χ2v) is 5.26. The monoisotopic (exact) mass is 312 g/mol. The van der Waals surface area contributed by atoms with Gasteiger partial charge < -0.3 is 13.9 Å². The number of aryl methyl sites for hydroxylation is 1. The van der Waals surface area contributed by atoms with Gasteiger partial charge in [-0.25, -0.2) is 9.97 Å². The third-order valence-electron chi connectivity index (χ3n) is 3.57. The van der Waals surface area contributed by atoms with Crippen molar-refractivity contribution < 1.29 is 13.8 Å². The lowest BCUT2D eigenvalue weighted by Crippen LogP contribution is -2.48. The van der Waals surface area contributed by atoms with Gasteiger partial charge in [0.15, 0.2) is 5.69 Å². The number of likely N-dealkylation sites (tertiary alicyclic amines) is 1. The Labute approximate surface area is 130 Å². The van der Waals surface area contributed by atoms with Crippen LogP contribution in [0.25, 0.3) is 11.6 Å². The minimum Gasteiger partial charge on any atom is -0.361 e. The second kappa shape index (κ2) is 5.27. The molecule has 0 radical (unpaired) electrons. The van der Waals surface area contributed by atoms with Crippen molar-refractivity contribution in [1.29, 1.82) is 0 Å². The average Bonchev–Trinajstić information content (AvgIpc) is 3.16. The molecule has 23 heavy (non-hydrogen) atoms. The second-order valence-electron chi connectivity index (χ2n) is 5.26. The largest absolute Gasteiger partial charge is 0.361 e. The van der Waals surface area contributed by atoms with Gasteiger partial charge in [0.1, 0.15) is 5.76 Å². The van der Waals surface area contributed by atoms with E-state index in [-0.39, 0.29) is 11.8 Å². The maximum Gasteiger partial charge on any atom is 0.276 e. The predicted molar refractivity (Wildman–Crippen MR) is 75.2 cm³/mol. The lowest BCUT2D eigenvalue weighted by atomic mass is 9.99. The van der Waals surface area contributed by atoms with Crippen molar-refractivity contribution in [3.8, 4) is 11.6 Å². The van der Waals surface area contributed by atoms with E-state index in [9.17, 15) is 4.79 Å². The normalized spacial score (nSPS) is 14.7. The zero-order valence-electron chi connectivity index (χ0n) is 12.2. The van der Waals surface area contributed by atoms with Crippen molar-refractivity contribution in [2.75, 3.05) is 13.1 Å². The van der Waals surface area contributed by atoms with Crippen LogP contribution in [0.15, 0.2) is 33.6 Å². The smallest absolute Gasteiger partial charge is 0.276 e. The molecular weight excluding hydrogens is 300 g/mol. The van der Waals surface area contributed by atoms with E-state index < -0.39 is 0 Å². The fraction of sp³-hybridized carbons (Fsp3) is 0.286. The summed E-state index contributed by atoms with van der Waals surface area (Å²) >= 11 is 0. The molecule has 0 aliphatic carbocycles. The first kappa shape index (κ1) is 13.6. The van der Waals surface area contributed by atoms with E-state index in [1.807, 2.05) is 0 Å². The molecule has 0 saturated carbocycles. The molecule has 1 amide bonds. The van der Waals surface area contributed by atoms with E-state index >= 15 is 0 Å². The Hall–Kier alpha value is -3.10. The molecule has 0 aromatic carbocycles. The highest BCUT2D eigenvalue weighted by Crippen LogP contribution is 2.28. The van der Waals surface area contributed by atoms with Gasteiger partial charge in [-0.3, -0.25) is 4.79 Å². The summed E-state index contributed by atoms with van der Waals surface area (Å²) < 4.78 is 10.2. The van der Waals surface area contributed by atoms with Gasteiger partial charge in [-0.2, -0.15) is 4.98 Å². The number of hydrogen-bond donors (Lipinski definition) is 0. The molecule has 0 N–H and O–H groups in total. The third kappa shape index (κ3) is 2.45. The molecule has 1 aliphatic heterocycles. The van der Waals surface area contributed by atoms with Crippen LogP contribution in [-0.4, -0.2) is 49.2 Å². The van der Waals surface area contributed by atoms with Crippen LogP contribution >= 0.6 is 0 Å². The molecule has 1 fully saturated rings. The zero-order chi connectivity index (χ0) is 15.8. The van der Waals surface area contributed by atoms with E-state index in [4.69, 9.17) is 9.05 Å². The molecule has 4 rings (SSSR count). The van der Waals surface area contributed by atoms with Crippen LogP contribution in [0.1, 0.15) is 28.1 Å². The van der Waals surface area contributed by atoms with Crippen molar-refractivity contribution in [2.24, 2.45) is 0 Å². The van der Waals surface area contributed by atoms with Crippen LogP contribution in [-0.2, 0) is 0 Å². The summed E-state index contributed by atoms with van der Waals surface area (Å²) in [6.45, 7) is 2.75. The van der Waals surface area contributed by atoms with Gasteiger partial charge in [0.05, 0.1) is 5.92 Å². The molecule has 0 spiro atoms. The lowest BCUT2D eigenvalue weighted by molar-refractivity contribution is 0.0558. The summed E-state index contributed by atoms with van der Waals surface area (Å²) in [4.78, 5) is 26.3. The molecule has 9 heteroatoms. The number of carbonyl (C=O) groups is 1. The fourth-order valence-electron chi connectivity index (χ4n) is 2.34. The van der Waals surface area contributed by atoms with Gasteiger partial charge in [-0.15, -0.1) is 0 Å². The summed E-state index contributed by atoms with van der Waals surface area (Å²) in [6.07, 6.45) is 3.23. The zero-order valence-corrected chi connectivity index (χ0v) is 12.2. The van der Waals surface area contributed by atoms with Crippen LogP contribution < -0.4 is 0 Å². The predicted octanol–water partition coefficient (Wildman–Crippen LogP) is 1.06. The molecule has 1 aliphatic rings. The average molecular weight is 312 g/mol. The van der Waals surface area contributed by atoms with Crippen molar-refractivity contribution >= 4 is 5.91 Å². The molecule has 0 atom stereocenters. The molecule has 9 nitrogen and oxygen atoms in total. The Morgan fingerprint density at radius 3 is 2.65 bits per heavy atom. The minimum atomic E-state index is -0.163. The summed E-state index contributed by atoms with van der Waals surface area (Å²) in [6, 6.07) is 3.33. The first-order chi connectivity index (χ1) is 11.2. The minimum absolute atomic E-state index is 0.0110. The summed E-state index contributed by atoms with van der Waals surface area (Å²) in [5, 5.41) is 7.60. The van der Waals surface area contributed by atoms with Crippen LogP contribution in [0.4, 0.5) is 0 Å². The third-order valence-corrected chi connectivity index (χ3v) is 3.57. The molecule has 1 saturated heterocycles. The van der Waals surface area contributed by atoms with Crippen LogP contribution in [0, 0.1) is 6.92 Å². The number of aromatic nitrogens is 5. The number of amides is 1. The molecule has 116 valence electrons. The topological polar surface area (TPSA) is 111 Å². The Kier molecular flexibility index (Phi) is 3.11. The highest BCUT2D eigenvalue weighted by molar-refractivity contribution is 5.92. The van der Waals surface area contributed by atoms with Crippen LogP contribution in [0.2, 0.25) is 0 Å². The number of carbonyl (C=O) groups excluding carboxylic acids is 1. The van der Waals surface area contributed by atoms with Crippen molar-refractivity contribution in [1.82, 2.24) is 30.2 Å². The van der Waals surface area contributed by atoms with E-state index in [0.29, 0.717) is 42.1 Å². The highest BCUT2D eigenvalue weighted by Gasteiger charge is 2.37. The van der Waals surface area contributed by atoms with Gasteiger partial charge >= 0.3 is 0 Å². The molecule has 3 aromatic rings. The van der Waals surface area contributed by atoms with Gasteiger partial charge in [-0.05, 0) is 13.0 Å². The highest BCUT2D eigenvalue weighted by atomic mass is 16.5. The molecule has 0 bridgehead atoms. The van der Waals surface area contributed by atoms with Crippen molar-refractivity contribution in [2.45, 2.75) is 12.8 Å². The maximum atomic E-state index is 12.2. The van der Waals surface area contributed by atoms with E-state index in [2.05, 4.69) is 25.3 Å². The van der Waals surface area contributed by atoms with Gasteiger partial charge in [0.25, 0.3) is 5.91 Å². The molecule has 4 heterocycles. The Bertz CT molecular complexity index is 837. The maximum absolute atomic E-state index is 12.2. The van der Waals surface area contributed by atoms with Crippen LogP contribution in [0.5, 0.6) is 0 Å². The number of rotatable bonds is 3. The van der Waals surface area contributed by atoms with Crippen molar-refractivity contribution in [3.05, 3.63) is 41.9 Å². The summed E-state index contributed by atoms with van der Waals surface area (Å²) in [7, 11) is 0. The molecular formula is C14H12N6O3. The van der Waals surface area contributed by atoms with E-state index in [0.717, 1.165) is 0 Å². The first-order valence-electron chi connectivity index (χ1n) is 7.04. The van der Waals surface area contributed by atoms with Crippen molar-refractivity contribution in [3.63, 3.8) is 0 Å². The standard InChI is InChI=1S/C14H12N6O3/c1-8-5-10(18-22-8)14(21)20-6-9(7-20)13-17-12(19-23-13)11-15-3-2-4-16-11/h2-5,9H,6-7H2,1H3. The molecule has 0 unspecified atom stereocenters. The first-order valence-corrected chi connectivity index (χ1v) is 7.04. The van der Waals surface area contributed by atoms with Crippen LogP contribution in [0.3, 0.4) is 0 Å². The summed E-state index contributed by atoms with van der Waals surface area (Å²) in [5.74, 6) is 1.69.